The molecule has 0 saturated heterocycles. The Labute approximate surface area is 107 Å². The Balaban J connectivity index is 2.90. The van der Waals surface area contributed by atoms with Crippen LogP contribution >= 0.6 is 15.9 Å². The lowest BCUT2D eigenvalue weighted by Gasteiger charge is -2.09. The molecule has 94 valence electrons. The van der Waals surface area contributed by atoms with E-state index in [9.17, 15) is 13.2 Å². The molecule has 0 aliphatic carbocycles. The monoisotopic (exact) mass is 322 g/mol. The van der Waals surface area contributed by atoms with Crippen LogP contribution < -0.4 is 10.5 Å². The van der Waals surface area contributed by atoms with Gasteiger partial charge in [-0.3, -0.25) is 9.52 Å². The van der Waals surface area contributed by atoms with Crippen LogP contribution in [0.25, 0.3) is 0 Å². The van der Waals surface area contributed by atoms with Gasteiger partial charge in [0.05, 0.1) is 12.8 Å². The lowest BCUT2D eigenvalue weighted by atomic mass is 10.3. The van der Waals surface area contributed by atoms with Gasteiger partial charge in [0.2, 0.25) is 10.0 Å². The molecule has 0 saturated carbocycles. The Morgan fingerprint density at radius 2 is 2.18 bits per heavy atom. The quantitative estimate of drug-likeness (QED) is 0.635. The zero-order valence-corrected chi connectivity index (χ0v) is 11.3. The molecular formula is C9H11BrN2O4S. The molecule has 0 bridgehead atoms. The predicted octanol–water partition coefficient (Wildman–Crippen LogP) is 0.946. The second kappa shape index (κ2) is 5.37. The maximum absolute atomic E-state index is 11.6. The lowest BCUT2D eigenvalue weighted by molar-refractivity contribution is -0.137. The van der Waals surface area contributed by atoms with Crippen LogP contribution in [0.1, 0.15) is 0 Å². The topological polar surface area (TPSA) is 98.5 Å². The number of ether oxygens (including phenoxy) is 1. The zero-order chi connectivity index (χ0) is 13.1. The summed E-state index contributed by atoms with van der Waals surface area (Å²) in [5, 5.41) is 0. The van der Waals surface area contributed by atoms with Gasteiger partial charge in [-0.25, -0.2) is 8.42 Å². The number of hydrogen-bond acceptors (Lipinski definition) is 5. The normalized spacial score (nSPS) is 10.9. The summed E-state index contributed by atoms with van der Waals surface area (Å²) in [4.78, 5) is 10.9. The first kappa shape index (κ1) is 13.8. The number of sulfonamides is 1. The summed E-state index contributed by atoms with van der Waals surface area (Å²) < 4.78 is 30.2. The van der Waals surface area contributed by atoms with Crippen LogP contribution in [0.5, 0.6) is 0 Å². The van der Waals surface area contributed by atoms with E-state index in [1.165, 1.54) is 6.07 Å². The Hall–Kier alpha value is -1.28. The molecule has 0 unspecified atom stereocenters. The number of halogens is 1. The van der Waals surface area contributed by atoms with Gasteiger partial charge in [0, 0.05) is 10.2 Å². The molecule has 0 atom stereocenters. The molecule has 0 radical (unpaired) electrons. The van der Waals surface area contributed by atoms with Crippen molar-refractivity contribution in [3.63, 3.8) is 0 Å². The van der Waals surface area contributed by atoms with Gasteiger partial charge in [0.15, 0.2) is 5.75 Å². The van der Waals surface area contributed by atoms with Gasteiger partial charge in [-0.15, -0.1) is 0 Å². The van der Waals surface area contributed by atoms with E-state index < -0.39 is 21.7 Å². The van der Waals surface area contributed by atoms with E-state index in [-0.39, 0.29) is 5.69 Å². The van der Waals surface area contributed by atoms with Gasteiger partial charge in [-0.1, -0.05) is 0 Å². The zero-order valence-electron chi connectivity index (χ0n) is 8.94. The number of carbonyl (C=O) groups is 1. The summed E-state index contributed by atoms with van der Waals surface area (Å²) in [6.45, 7) is 0. The summed E-state index contributed by atoms with van der Waals surface area (Å²) >= 11 is 3.17. The highest BCUT2D eigenvalue weighted by Gasteiger charge is 2.18. The molecule has 1 aromatic rings. The summed E-state index contributed by atoms with van der Waals surface area (Å²) in [6.07, 6.45) is 0. The van der Waals surface area contributed by atoms with Crippen molar-refractivity contribution >= 4 is 43.3 Å². The number of esters is 1. The molecule has 0 aliphatic rings. The van der Waals surface area contributed by atoms with Crippen molar-refractivity contribution in [1.29, 1.82) is 0 Å². The molecule has 0 amide bonds. The minimum Gasteiger partial charge on any atom is -0.468 e. The van der Waals surface area contributed by atoms with Gasteiger partial charge in [0.25, 0.3) is 0 Å². The average molecular weight is 323 g/mol. The minimum absolute atomic E-state index is 0.272. The number of benzene rings is 1. The third-order valence-corrected chi connectivity index (χ3v) is 3.63. The molecule has 8 heteroatoms. The van der Waals surface area contributed by atoms with Crippen molar-refractivity contribution in [2.75, 3.05) is 23.3 Å². The average Bonchev–Trinajstić information content (AvgIpc) is 2.22. The molecule has 0 aliphatic heterocycles. The van der Waals surface area contributed by atoms with E-state index in [4.69, 9.17) is 5.73 Å². The van der Waals surface area contributed by atoms with Crippen LogP contribution in [0.15, 0.2) is 22.7 Å². The molecule has 17 heavy (non-hydrogen) atoms. The van der Waals surface area contributed by atoms with E-state index in [2.05, 4.69) is 25.4 Å². The Morgan fingerprint density at radius 1 is 1.53 bits per heavy atom. The fourth-order valence-electron chi connectivity index (χ4n) is 1.04. The van der Waals surface area contributed by atoms with Gasteiger partial charge >= 0.3 is 5.97 Å². The van der Waals surface area contributed by atoms with Crippen molar-refractivity contribution in [3.8, 4) is 0 Å². The number of carbonyl (C=O) groups excluding carboxylic acids is 1. The number of nitrogen functional groups attached to an aromatic ring is 1. The van der Waals surface area contributed by atoms with Crippen LogP contribution in [0.4, 0.5) is 11.4 Å². The Bertz CT molecular complexity index is 530. The van der Waals surface area contributed by atoms with Crippen molar-refractivity contribution < 1.29 is 17.9 Å². The summed E-state index contributed by atoms with van der Waals surface area (Å²) in [5.74, 6) is -1.58. The standard InChI is InChI=1S/C9H11BrN2O4S/c1-16-9(13)5-17(14,15)12-8-4-6(11)2-3-7(8)10/h2-4,12H,5,11H2,1H3. The largest absolute Gasteiger partial charge is 0.468 e. The van der Waals surface area contributed by atoms with Crippen molar-refractivity contribution in [2.24, 2.45) is 0 Å². The van der Waals surface area contributed by atoms with Crippen molar-refractivity contribution in [1.82, 2.24) is 0 Å². The first-order valence-electron chi connectivity index (χ1n) is 4.46. The second-order valence-electron chi connectivity index (χ2n) is 3.18. The van der Waals surface area contributed by atoms with E-state index in [0.717, 1.165) is 7.11 Å². The van der Waals surface area contributed by atoms with Crippen LogP contribution in [0, 0.1) is 0 Å². The number of methoxy groups -OCH3 is 1. The van der Waals surface area contributed by atoms with E-state index in [1.807, 2.05) is 0 Å². The first-order valence-corrected chi connectivity index (χ1v) is 6.91. The van der Waals surface area contributed by atoms with Gasteiger partial charge < -0.3 is 10.5 Å². The van der Waals surface area contributed by atoms with E-state index >= 15 is 0 Å². The highest BCUT2D eigenvalue weighted by atomic mass is 79.9. The van der Waals surface area contributed by atoms with Crippen LogP contribution in [0.2, 0.25) is 0 Å². The molecule has 1 rings (SSSR count). The predicted molar refractivity (Wildman–Crippen MR) is 68.0 cm³/mol. The maximum atomic E-state index is 11.6. The Morgan fingerprint density at radius 3 is 2.76 bits per heavy atom. The van der Waals surface area contributed by atoms with Crippen LogP contribution in [-0.4, -0.2) is 27.2 Å². The molecule has 1 aromatic carbocycles. The number of nitrogens with one attached hydrogen (secondary N) is 1. The Kier molecular flexibility index (Phi) is 4.35. The van der Waals surface area contributed by atoms with Gasteiger partial charge in [0.1, 0.15) is 0 Å². The molecule has 0 heterocycles. The van der Waals surface area contributed by atoms with E-state index in [0.29, 0.717) is 10.2 Å². The third-order valence-electron chi connectivity index (χ3n) is 1.79. The summed E-state index contributed by atoms with van der Waals surface area (Å²) in [5.41, 5.74) is 6.21. The maximum Gasteiger partial charge on any atom is 0.322 e. The fraction of sp³-hybridized carbons (Fsp3) is 0.222. The van der Waals surface area contributed by atoms with Crippen LogP contribution in [-0.2, 0) is 19.6 Å². The molecule has 0 spiro atoms. The SMILES string of the molecule is COC(=O)CS(=O)(=O)Nc1cc(N)ccc1Br. The highest BCUT2D eigenvalue weighted by Crippen LogP contribution is 2.25. The summed E-state index contributed by atoms with van der Waals surface area (Å²) in [7, 11) is -2.68. The highest BCUT2D eigenvalue weighted by molar-refractivity contribution is 9.10. The van der Waals surface area contributed by atoms with Gasteiger partial charge in [-0.05, 0) is 34.1 Å². The van der Waals surface area contributed by atoms with Gasteiger partial charge in [-0.2, -0.15) is 0 Å². The molecular weight excluding hydrogens is 312 g/mol. The fourth-order valence-corrected chi connectivity index (χ4v) is 2.52. The van der Waals surface area contributed by atoms with E-state index in [1.54, 1.807) is 12.1 Å². The first-order chi connectivity index (χ1) is 7.84. The number of hydrogen-bond donors (Lipinski definition) is 2. The van der Waals surface area contributed by atoms with Crippen molar-refractivity contribution in [3.05, 3.63) is 22.7 Å². The second-order valence-corrected chi connectivity index (χ2v) is 5.75. The molecule has 0 fully saturated rings. The molecule has 3 N–H and O–H groups in total. The van der Waals surface area contributed by atoms with Crippen LogP contribution in [0.3, 0.4) is 0 Å². The lowest BCUT2D eigenvalue weighted by Crippen LogP contribution is -2.23. The number of nitrogens with two attached hydrogens (primary N) is 1. The number of anilines is 2. The smallest absolute Gasteiger partial charge is 0.322 e. The number of rotatable bonds is 4. The van der Waals surface area contributed by atoms with Crippen molar-refractivity contribution in [2.45, 2.75) is 0 Å². The molecule has 0 aromatic heterocycles. The molecule has 6 nitrogen and oxygen atoms in total. The third kappa shape index (κ3) is 4.23. The summed E-state index contributed by atoms with van der Waals surface area (Å²) in [6, 6.07) is 4.66. The minimum atomic E-state index is -3.80.